The first-order chi connectivity index (χ1) is 12.6. The van der Waals surface area contributed by atoms with Crippen LogP contribution in [0.4, 0.5) is 4.39 Å². The molecule has 1 saturated heterocycles. The van der Waals surface area contributed by atoms with E-state index in [1.54, 1.807) is 48.5 Å². The van der Waals surface area contributed by atoms with Crippen molar-refractivity contribution in [2.24, 2.45) is 0 Å². The van der Waals surface area contributed by atoms with Gasteiger partial charge in [-0.1, -0.05) is 36.4 Å². The van der Waals surface area contributed by atoms with Crippen molar-refractivity contribution >= 4 is 11.9 Å². The summed E-state index contributed by atoms with van der Waals surface area (Å²) in [7, 11) is 0. The van der Waals surface area contributed by atoms with Gasteiger partial charge in [-0.25, -0.2) is 14.0 Å². The Morgan fingerprint density at radius 3 is 1.96 bits per heavy atom. The molecule has 6 nitrogen and oxygen atoms in total. The number of aliphatic hydroxyl groups is 1. The van der Waals surface area contributed by atoms with Crippen molar-refractivity contribution in [3.05, 3.63) is 71.8 Å². The number of carbonyl (C=O) groups is 2. The zero-order valence-electron chi connectivity index (χ0n) is 13.7. The Bertz CT molecular complexity index is 751. The van der Waals surface area contributed by atoms with Gasteiger partial charge in [-0.15, -0.1) is 0 Å². The molecule has 7 heteroatoms. The van der Waals surface area contributed by atoms with E-state index < -0.39 is 36.6 Å². The fraction of sp³-hybridized carbons (Fsp3) is 0.263. The maximum absolute atomic E-state index is 13.7. The topological polar surface area (TPSA) is 82.1 Å². The van der Waals surface area contributed by atoms with Crippen LogP contribution >= 0.6 is 0 Å². The van der Waals surface area contributed by atoms with Crippen molar-refractivity contribution in [2.45, 2.75) is 24.7 Å². The van der Waals surface area contributed by atoms with Crippen molar-refractivity contribution in [3.63, 3.8) is 0 Å². The number of halogens is 1. The zero-order chi connectivity index (χ0) is 18.5. The molecule has 4 atom stereocenters. The summed E-state index contributed by atoms with van der Waals surface area (Å²) in [5.41, 5.74) is 0.507. The van der Waals surface area contributed by atoms with Gasteiger partial charge in [0.2, 0.25) is 6.36 Å². The molecule has 0 aromatic heterocycles. The molecule has 1 aliphatic heterocycles. The standard InChI is InChI=1S/C19H17FO6/c20-17-15(21)16(26-19(23)13-9-5-2-6-10-13)14(11-24-17)25-18(22)12-7-3-1-4-8-12/h1-10,14-17,21H,11H2/t14-,15+,16+,17-/m0/s1. The third kappa shape index (κ3) is 4.07. The number of carbonyl (C=O) groups excluding carboxylic acids is 2. The van der Waals surface area contributed by atoms with E-state index in [-0.39, 0.29) is 17.7 Å². The lowest BCUT2D eigenvalue weighted by atomic mass is 10.0. The summed E-state index contributed by atoms with van der Waals surface area (Å²) in [4.78, 5) is 24.4. The molecule has 0 spiro atoms. The molecule has 0 amide bonds. The summed E-state index contributed by atoms with van der Waals surface area (Å²) in [5.74, 6) is -1.45. The maximum Gasteiger partial charge on any atom is 0.338 e. The van der Waals surface area contributed by atoms with E-state index in [9.17, 15) is 19.1 Å². The van der Waals surface area contributed by atoms with Crippen LogP contribution < -0.4 is 0 Å². The predicted octanol–water partition coefficient (Wildman–Crippen LogP) is 2.12. The number of ether oxygens (including phenoxy) is 3. The van der Waals surface area contributed by atoms with Gasteiger partial charge in [0.1, 0.15) is 0 Å². The van der Waals surface area contributed by atoms with E-state index in [2.05, 4.69) is 0 Å². The zero-order valence-corrected chi connectivity index (χ0v) is 13.7. The van der Waals surface area contributed by atoms with Crippen LogP contribution in [-0.2, 0) is 14.2 Å². The second kappa shape index (κ2) is 8.07. The highest BCUT2D eigenvalue weighted by atomic mass is 19.1. The quantitative estimate of drug-likeness (QED) is 0.841. The molecule has 1 N–H and O–H groups in total. The largest absolute Gasteiger partial charge is 0.452 e. The van der Waals surface area contributed by atoms with E-state index in [1.807, 2.05) is 0 Å². The fourth-order valence-electron chi connectivity index (χ4n) is 2.54. The monoisotopic (exact) mass is 360 g/mol. The molecule has 0 saturated carbocycles. The van der Waals surface area contributed by atoms with Gasteiger partial charge in [-0.2, -0.15) is 0 Å². The summed E-state index contributed by atoms with van der Waals surface area (Å²) < 4.78 is 29.0. The molecule has 26 heavy (non-hydrogen) atoms. The number of alkyl halides is 1. The van der Waals surface area contributed by atoms with Crippen molar-refractivity contribution in [3.8, 4) is 0 Å². The Kier molecular flexibility index (Phi) is 5.60. The molecule has 1 aliphatic rings. The number of rotatable bonds is 4. The molecule has 0 aliphatic carbocycles. The maximum atomic E-state index is 13.7. The molecule has 0 unspecified atom stereocenters. The average molecular weight is 360 g/mol. The highest BCUT2D eigenvalue weighted by molar-refractivity contribution is 5.90. The SMILES string of the molecule is O=C(O[C@H]1[C@@H](O)[C@@H](F)OC[C@@H]1OC(=O)c1ccccc1)c1ccccc1. The lowest BCUT2D eigenvalue weighted by Crippen LogP contribution is -2.54. The van der Waals surface area contributed by atoms with Crippen LogP contribution in [-0.4, -0.2) is 48.3 Å². The summed E-state index contributed by atoms with van der Waals surface area (Å²) in [5, 5.41) is 10.0. The molecule has 3 rings (SSSR count). The van der Waals surface area contributed by atoms with Crippen LogP contribution in [0.3, 0.4) is 0 Å². The van der Waals surface area contributed by atoms with Gasteiger partial charge >= 0.3 is 11.9 Å². The third-order valence-electron chi connectivity index (χ3n) is 3.91. The smallest absolute Gasteiger partial charge is 0.338 e. The summed E-state index contributed by atoms with van der Waals surface area (Å²) in [6, 6.07) is 16.2. The van der Waals surface area contributed by atoms with E-state index in [1.165, 1.54) is 12.1 Å². The first kappa shape index (κ1) is 18.0. The van der Waals surface area contributed by atoms with Gasteiger partial charge in [-0.05, 0) is 24.3 Å². The molecule has 0 radical (unpaired) electrons. The van der Waals surface area contributed by atoms with Crippen LogP contribution in [0.1, 0.15) is 20.7 Å². The highest BCUT2D eigenvalue weighted by Crippen LogP contribution is 2.23. The summed E-state index contributed by atoms with van der Waals surface area (Å²) in [6.07, 6.45) is -6.35. The average Bonchev–Trinajstić information content (AvgIpc) is 2.68. The van der Waals surface area contributed by atoms with Crippen molar-refractivity contribution < 1.29 is 33.3 Å². The van der Waals surface area contributed by atoms with Crippen LogP contribution in [0.25, 0.3) is 0 Å². The second-order valence-electron chi connectivity index (χ2n) is 5.72. The second-order valence-corrected chi connectivity index (χ2v) is 5.72. The first-order valence-electron chi connectivity index (χ1n) is 8.02. The van der Waals surface area contributed by atoms with E-state index >= 15 is 0 Å². The van der Waals surface area contributed by atoms with Crippen LogP contribution in [0.2, 0.25) is 0 Å². The number of hydrogen-bond acceptors (Lipinski definition) is 6. The van der Waals surface area contributed by atoms with Gasteiger partial charge in [0, 0.05) is 0 Å². The Morgan fingerprint density at radius 2 is 1.42 bits per heavy atom. The molecular formula is C19H17FO6. The number of hydrogen-bond donors (Lipinski definition) is 1. The number of esters is 2. The van der Waals surface area contributed by atoms with E-state index in [0.717, 1.165) is 0 Å². The van der Waals surface area contributed by atoms with E-state index in [4.69, 9.17) is 14.2 Å². The van der Waals surface area contributed by atoms with E-state index in [0.29, 0.717) is 0 Å². The lowest BCUT2D eigenvalue weighted by Gasteiger charge is -2.35. The Hall–Kier alpha value is -2.77. The van der Waals surface area contributed by atoms with Gasteiger partial charge in [0.05, 0.1) is 17.7 Å². The third-order valence-corrected chi connectivity index (χ3v) is 3.91. The molecule has 0 bridgehead atoms. The minimum absolute atomic E-state index is 0.231. The van der Waals surface area contributed by atoms with Crippen LogP contribution in [0.5, 0.6) is 0 Å². The van der Waals surface area contributed by atoms with Crippen LogP contribution in [0, 0.1) is 0 Å². The molecular weight excluding hydrogens is 343 g/mol. The van der Waals surface area contributed by atoms with Gasteiger partial charge in [0.25, 0.3) is 0 Å². The molecule has 1 fully saturated rings. The summed E-state index contributed by atoms with van der Waals surface area (Å²) in [6.45, 7) is -0.344. The predicted molar refractivity (Wildman–Crippen MR) is 88.1 cm³/mol. The Morgan fingerprint density at radius 1 is 0.923 bits per heavy atom. The Labute approximate surface area is 149 Å². The molecule has 2 aromatic rings. The fourth-order valence-corrected chi connectivity index (χ4v) is 2.54. The van der Waals surface area contributed by atoms with Gasteiger partial charge in [0.15, 0.2) is 18.3 Å². The molecule has 136 valence electrons. The first-order valence-corrected chi connectivity index (χ1v) is 8.02. The minimum atomic E-state index is -2.05. The number of aliphatic hydroxyl groups excluding tert-OH is 1. The van der Waals surface area contributed by atoms with Crippen LogP contribution in [0.15, 0.2) is 60.7 Å². The number of benzene rings is 2. The lowest BCUT2D eigenvalue weighted by molar-refractivity contribution is -0.224. The van der Waals surface area contributed by atoms with Gasteiger partial charge < -0.3 is 19.3 Å². The minimum Gasteiger partial charge on any atom is -0.452 e. The normalized spacial score (nSPS) is 25.3. The van der Waals surface area contributed by atoms with Gasteiger partial charge in [-0.3, -0.25) is 0 Å². The Balaban J connectivity index is 1.74. The highest BCUT2D eigenvalue weighted by Gasteiger charge is 2.44. The summed E-state index contributed by atoms with van der Waals surface area (Å²) >= 11 is 0. The van der Waals surface area contributed by atoms with Crippen molar-refractivity contribution in [2.75, 3.05) is 6.61 Å². The molecule has 2 aromatic carbocycles. The molecule has 1 heterocycles. The van der Waals surface area contributed by atoms with Crippen molar-refractivity contribution in [1.29, 1.82) is 0 Å². The van der Waals surface area contributed by atoms with Crippen molar-refractivity contribution in [1.82, 2.24) is 0 Å².